The molecular formula is C18H17NO5. The molecule has 0 N–H and O–H groups in total. The molecule has 0 saturated heterocycles. The number of hydrogen-bond donors (Lipinski definition) is 0. The summed E-state index contributed by atoms with van der Waals surface area (Å²) in [4.78, 5) is 23.1. The lowest BCUT2D eigenvalue weighted by Crippen LogP contribution is -2.20. The lowest BCUT2D eigenvalue weighted by molar-refractivity contribution is -0.481. The second-order valence-electron chi connectivity index (χ2n) is 5.48. The van der Waals surface area contributed by atoms with Gasteiger partial charge in [0, 0.05) is 4.92 Å². The largest absolute Gasteiger partial charge is 0.465 e. The maximum absolute atomic E-state index is 12.3. The molecule has 6 heteroatoms. The molecule has 1 aliphatic heterocycles. The van der Waals surface area contributed by atoms with Crippen LogP contribution in [0.3, 0.4) is 0 Å². The van der Waals surface area contributed by atoms with Crippen molar-refractivity contribution in [3.63, 3.8) is 0 Å². The van der Waals surface area contributed by atoms with Gasteiger partial charge in [-0.1, -0.05) is 42.5 Å². The molecule has 1 aliphatic rings. The number of carbonyl (C=O) groups is 1. The third kappa shape index (κ3) is 2.95. The average molecular weight is 327 g/mol. The molecule has 0 fully saturated rings. The Morgan fingerprint density at radius 3 is 2.75 bits per heavy atom. The van der Waals surface area contributed by atoms with Crippen LogP contribution in [0.25, 0.3) is 10.8 Å². The first kappa shape index (κ1) is 16.0. The Kier molecular flexibility index (Phi) is 4.46. The van der Waals surface area contributed by atoms with E-state index in [0.717, 1.165) is 16.3 Å². The third-order valence-electron chi connectivity index (χ3n) is 4.01. The number of hydrogen-bond acceptors (Lipinski definition) is 5. The van der Waals surface area contributed by atoms with E-state index in [1.165, 1.54) is 0 Å². The highest BCUT2D eigenvalue weighted by atomic mass is 16.7. The fourth-order valence-electron chi connectivity index (χ4n) is 3.04. The quantitative estimate of drug-likeness (QED) is 0.602. The first-order valence-electron chi connectivity index (χ1n) is 7.74. The van der Waals surface area contributed by atoms with Crippen LogP contribution in [0.5, 0.6) is 0 Å². The van der Waals surface area contributed by atoms with Gasteiger partial charge >= 0.3 is 0 Å². The standard InChI is InChI=1S/C18H17NO5/c1-2-23-18-17(16(20)11-24-18)15(10-19(21)22)14-9-5-7-12-6-3-4-8-13(12)14/h3-9,15H,2,10-11H2,1H3/t15-/m1/s1. The molecule has 0 aromatic heterocycles. The Balaban J connectivity index is 2.18. The van der Waals surface area contributed by atoms with Crippen LogP contribution in [0.4, 0.5) is 0 Å². The van der Waals surface area contributed by atoms with Gasteiger partial charge in [0.15, 0.2) is 6.61 Å². The van der Waals surface area contributed by atoms with Gasteiger partial charge in [-0.3, -0.25) is 14.9 Å². The van der Waals surface area contributed by atoms with E-state index in [1.54, 1.807) is 6.92 Å². The van der Waals surface area contributed by atoms with Gasteiger partial charge in [-0.25, -0.2) is 0 Å². The number of nitro groups is 1. The molecule has 2 aromatic rings. The zero-order chi connectivity index (χ0) is 17.1. The van der Waals surface area contributed by atoms with Gasteiger partial charge in [0.25, 0.3) is 5.95 Å². The second kappa shape index (κ2) is 6.70. The van der Waals surface area contributed by atoms with Crippen molar-refractivity contribution in [3.05, 3.63) is 69.7 Å². The van der Waals surface area contributed by atoms with Gasteiger partial charge < -0.3 is 9.47 Å². The van der Waals surface area contributed by atoms with Gasteiger partial charge in [0.1, 0.15) is 0 Å². The molecule has 1 heterocycles. The summed E-state index contributed by atoms with van der Waals surface area (Å²) in [5, 5.41) is 13.1. The zero-order valence-electron chi connectivity index (χ0n) is 13.2. The van der Waals surface area contributed by atoms with Crippen molar-refractivity contribution >= 4 is 16.6 Å². The average Bonchev–Trinajstić information content (AvgIpc) is 2.93. The number of carbonyl (C=O) groups excluding carboxylic acids is 1. The molecule has 3 rings (SSSR count). The summed E-state index contributed by atoms with van der Waals surface area (Å²) in [7, 11) is 0. The summed E-state index contributed by atoms with van der Waals surface area (Å²) in [6.45, 7) is 1.57. The third-order valence-corrected chi connectivity index (χ3v) is 4.01. The molecule has 0 radical (unpaired) electrons. The first-order chi connectivity index (χ1) is 11.6. The monoisotopic (exact) mass is 327 g/mol. The van der Waals surface area contributed by atoms with Crippen molar-refractivity contribution in [2.75, 3.05) is 19.8 Å². The van der Waals surface area contributed by atoms with E-state index < -0.39 is 17.4 Å². The van der Waals surface area contributed by atoms with Crippen LogP contribution in [0.15, 0.2) is 54.0 Å². The van der Waals surface area contributed by atoms with Crippen molar-refractivity contribution in [3.8, 4) is 0 Å². The molecule has 0 bridgehead atoms. The number of fused-ring (bicyclic) bond motifs is 1. The van der Waals surface area contributed by atoms with Crippen LogP contribution < -0.4 is 0 Å². The molecule has 6 nitrogen and oxygen atoms in total. The molecule has 0 unspecified atom stereocenters. The number of benzene rings is 2. The molecule has 0 amide bonds. The molecule has 24 heavy (non-hydrogen) atoms. The smallest absolute Gasteiger partial charge is 0.287 e. The number of rotatable bonds is 6. The van der Waals surface area contributed by atoms with Gasteiger partial charge in [-0.05, 0) is 23.3 Å². The minimum Gasteiger partial charge on any atom is -0.465 e. The van der Waals surface area contributed by atoms with Crippen molar-refractivity contribution in [2.45, 2.75) is 12.8 Å². The summed E-state index contributed by atoms with van der Waals surface area (Å²) in [5.41, 5.74) is 0.987. The van der Waals surface area contributed by atoms with E-state index in [1.807, 2.05) is 42.5 Å². The second-order valence-corrected chi connectivity index (χ2v) is 5.48. The Bertz CT molecular complexity index is 822. The normalized spacial score (nSPS) is 15.5. The van der Waals surface area contributed by atoms with Crippen LogP contribution in [0.2, 0.25) is 0 Å². The first-order valence-corrected chi connectivity index (χ1v) is 7.74. The van der Waals surface area contributed by atoms with Gasteiger partial charge in [0.2, 0.25) is 12.3 Å². The maximum Gasteiger partial charge on any atom is 0.287 e. The number of Topliss-reactive ketones (excluding diaryl/α,β-unsaturated/α-hetero) is 1. The number of ketones is 1. The van der Waals surface area contributed by atoms with E-state index >= 15 is 0 Å². The number of nitrogens with zero attached hydrogens (tertiary/aromatic N) is 1. The highest BCUT2D eigenvalue weighted by Crippen LogP contribution is 2.36. The van der Waals surface area contributed by atoms with Crippen molar-refractivity contribution in [1.29, 1.82) is 0 Å². The van der Waals surface area contributed by atoms with E-state index in [9.17, 15) is 14.9 Å². The summed E-state index contributed by atoms with van der Waals surface area (Å²) in [5.74, 6) is -0.858. The van der Waals surface area contributed by atoms with E-state index in [-0.39, 0.29) is 23.9 Å². The molecule has 1 atom stereocenters. The molecule has 0 spiro atoms. The Hall–Kier alpha value is -2.89. The number of ether oxygens (including phenoxy) is 2. The summed E-state index contributed by atoms with van der Waals surface area (Å²) in [6, 6.07) is 13.2. The molecule has 2 aromatic carbocycles. The van der Waals surface area contributed by atoms with Crippen LogP contribution in [0.1, 0.15) is 18.4 Å². The summed E-state index contributed by atoms with van der Waals surface area (Å²) >= 11 is 0. The Labute approximate surface area is 138 Å². The summed E-state index contributed by atoms with van der Waals surface area (Å²) in [6.07, 6.45) is 0. The fourth-order valence-corrected chi connectivity index (χ4v) is 3.04. The maximum atomic E-state index is 12.3. The predicted octanol–water partition coefficient (Wildman–Crippen LogP) is 3.05. The van der Waals surface area contributed by atoms with Crippen molar-refractivity contribution < 1.29 is 19.2 Å². The highest BCUT2D eigenvalue weighted by Gasteiger charge is 2.37. The van der Waals surface area contributed by atoms with Crippen LogP contribution >= 0.6 is 0 Å². The van der Waals surface area contributed by atoms with Crippen LogP contribution in [-0.2, 0) is 14.3 Å². The van der Waals surface area contributed by atoms with Crippen LogP contribution in [0, 0.1) is 10.1 Å². The van der Waals surface area contributed by atoms with E-state index in [4.69, 9.17) is 9.47 Å². The van der Waals surface area contributed by atoms with Gasteiger partial charge in [0.05, 0.1) is 18.1 Å². The topological polar surface area (TPSA) is 78.7 Å². The molecule has 124 valence electrons. The van der Waals surface area contributed by atoms with Gasteiger partial charge in [-0.15, -0.1) is 0 Å². The van der Waals surface area contributed by atoms with Gasteiger partial charge in [-0.2, -0.15) is 0 Å². The molecule has 0 saturated carbocycles. The lowest BCUT2D eigenvalue weighted by atomic mass is 9.86. The lowest BCUT2D eigenvalue weighted by Gasteiger charge is -2.16. The fraction of sp³-hybridized carbons (Fsp3) is 0.278. The summed E-state index contributed by atoms with van der Waals surface area (Å²) < 4.78 is 10.7. The van der Waals surface area contributed by atoms with Crippen molar-refractivity contribution in [2.24, 2.45) is 0 Å². The van der Waals surface area contributed by atoms with E-state index in [0.29, 0.717) is 6.61 Å². The zero-order valence-corrected chi connectivity index (χ0v) is 13.2. The predicted molar refractivity (Wildman–Crippen MR) is 88.2 cm³/mol. The minimum atomic E-state index is -0.706. The SMILES string of the molecule is CCOC1=C([C@H](C[N+](=O)[O-])c2cccc3ccccc23)C(=O)CO1. The molecular weight excluding hydrogens is 310 g/mol. The minimum absolute atomic E-state index is 0.113. The highest BCUT2D eigenvalue weighted by molar-refractivity contribution is 6.01. The van der Waals surface area contributed by atoms with Crippen molar-refractivity contribution in [1.82, 2.24) is 0 Å². The molecule has 0 aliphatic carbocycles. The van der Waals surface area contributed by atoms with Crippen LogP contribution in [-0.4, -0.2) is 30.5 Å². The Morgan fingerprint density at radius 1 is 1.25 bits per heavy atom. The Morgan fingerprint density at radius 2 is 2.00 bits per heavy atom. The van der Waals surface area contributed by atoms with E-state index in [2.05, 4.69) is 0 Å².